The molecule has 2 N–H and O–H groups in total. The van der Waals surface area contributed by atoms with Gasteiger partial charge in [-0.1, -0.05) is 37.3 Å². The maximum Gasteiger partial charge on any atom is 0.237 e. The largest absolute Gasteiger partial charge is 0.325 e. The van der Waals surface area contributed by atoms with Crippen LogP contribution in [0, 0.1) is 13.8 Å². The molecule has 0 fully saturated rings. The predicted molar refractivity (Wildman–Crippen MR) is 111 cm³/mol. The summed E-state index contributed by atoms with van der Waals surface area (Å²) in [4.78, 5) is 24.6. The molecular weight excluding hydrogens is 344 g/mol. The first-order valence-electron chi connectivity index (χ1n) is 8.78. The van der Waals surface area contributed by atoms with Crippen LogP contribution in [0.15, 0.2) is 42.5 Å². The molecule has 0 unspecified atom stereocenters. The summed E-state index contributed by atoms with van der Waals surface area (Å²) in [5.74, 6) is 0.0458. The topological polar surface area (TPSA) is 58.2 Å². The van der Waals surface area contributed by atoms with Crippen molar-refractivity contribution < 1.29 is 9.59 Å². The zero-order valence-corrected chi connectivity index (χ0v) is 16.6. The lowest BCUT2D eigenvalue weighted by atomic mass is 10.1. The van der Waals surface area contributed by atoms with Crippen molar-refractivity contribution in [2.24, 2.45) is 0 Å². The van der Waals surface area contributed by atoms with Crippen molar-refractivity contribution in [2.75, 3.05) is 16.4 Å². The zero-order chi connectivity index (χ0) is 19.1. The molecule has 0 aliphatic carbocycles. The number of carbonyl (C=O) groups is 2. The second kappa shape index (κ2) is 9.43. The van der Waals surface area contributed by atoms with E-state index in [9.17, 15) is 9.59 Å². The van der Waals surface area contributed by atoms with Crippen LogP contribution in [0.4, 0.5) is 11.4 Å². The molecule has 0 bridgehead atoms. The van der Waals surface area contributed by atoms with E-state index in [1.807, 2.05) is 63.2 Å². The van der Waals surface area contributed by atoms with Crippen LogP contribution < -0.4 is 10.6 Å². The number of amides is 2. The molecule has 0 heterocycles. The molecule has 4 nitrogen and oxygen atoms in total. The van der Waals surface area contributed by atoms with Crippen molar-refractivity contribution in [3.05, 3.63) is 59.2 Å². The van der Waals surface area contributed by atoms with E-state index in [-0.39, 0.29) is 22.8 Å². The molecule has 0 aromatic heterocycles. The van der Waals surface area contributed by atoms with Gasteiger partial charge in [0.1, 0.15) is 0 Å². The smallest absolute Gasteiger partial charge is 0.237 e. The Bertz CT molecular complexity index is 789. The molecule has 2 rings (SSSR count). The lowest BCUT2D eigenvalue weighted by Gasteiger charge is -2.16. The van der Waals surface area contributed by atoms with Crippen LogP contribution in [0.1, 0.15) is 30.5 Å². The molecule has 138 valence electrons. The Morgan fingerprint density at radius 3 is 2.50 bits per heavy atom. The van der Waals surface area contributed by atoms with Crippen LogP contribution in [0.2, 0.25) is 0 Å². The van der Waals surface area contributed by atoms with E-state index < -0.39 is 0 Å². The van der Waals surface area contributed by atoms with Gasteiger partial charge in [-0.3, -0.25) is 9.59 Å². The highest BCUT2D eigenvalue weighted by atomic mass is 32.2. The van der Waals surface area contributed by atoms with Gasteiger partial charge in [0, 0.05) is 11.4 Å². The highest BCUT2D eigenvalue weighted by Gasteiger charge is 2.17. The van der Waals surface area contributed by atoms with Crippen LogP contribution in [-0.4, -0.2) is 22.8 Å². The summed E-state index contributed by atoms with van der Waals surface area (Å²) in [6.45, 7) is 7.86. The number of thioether (sulfide) groups is 1. The van der Waals surface area contributed by atoms with Crippen molar-refractivity contribution in [1.29, 1.82) is 0 Å². The summed E-state index contributed by atoms with van der Waals surface area (Å²) in [5.41, 5.74) is 4.92. The summed E-state index contributed by atoms with van der Waals surface area (Å²) < 4.78 is 0. The second-order valence-corrected chi connectivity index (χ2v) is 7.65. The molecule has 2 amide bonds. The number of anilines is 2. The molecule has 0 aliphatic heterocycles. The van der Waals surface area contributed by atoms with E-state index in [0.717, 1.165) is 34.5 Å². The minimum Gasteiger partial charge on any atom is -0.325 e. The van der Waals surface area contributed by atoms with Crippen molar-refractivity contribution >= 4 is 35.0 Å². The maximum atomic E-state index is 12.5. The van der Waals surface area contributed by atoms with Gasteiger partial charge in [-0.05, 0) is 56.0 Å². The van der Waals surface area contributed by atoms with Crippen molar-refractivity contribution in [1.82, 2.24) is 0 Å². The molecule has 5 heteroatoms. The molecular formula is C21H26N2O2S. The van der Waals surface area contributed by atoms with E-state index in [2.05, 4.69) is 17.6 Å². The SMILES string of the molecule is CCc1cccc(C)c1NC(=O)[C@@H](C)SCC(=O)Nc1cccc(C)c1. The van der Waals surface area contributed by atoms with E-state index in [1.54, 1.807) is 0 Å². The Kier molecular flexibility index (Phi) is 7.27. The molecule has 0 spiro atoms. The Labute approximate surface area is 159 Å². The summed E-state index contributed by atoms with van der Waals surface area (Å²) in [6, 6.07) is 13.7. The summed E-state index contributed by atoms with van der Waals surface area (Å²) in [5, 5.41) is 5.56. The molecule has 26 heavy (non-hydrogen) atoms. The van der Waals surface area contributed by atoms with E-state index in [0.29, 0.717) is 0 Å². The average molecular weight is 371 g/mol. The summed E-state index contributed by atoms with van der Waals surface area (Å²) in [7, 11) is 0. The van der Waals surface area contributed by atoms with E-state index in [4.69, 9.17) is 0 Å². The van der Waals surface area contributed by atoms with Crippen molar-refractivity contribution in [3.63, 3.8) is 0 Å². The first-order chi connectivity index (χ1) is 12.4. The van der Waals surface area contributed by atoms with Gasteiger partial charge in [0.25, 0.3) is 0 Å². The summed E-state index contributed by atoms with van der Waals surface area (Å²) >= 11 is 1.33. The lowest BCUT2D eigenvalue weighted by molar-refractivity contribution is -0.115. The van der Waals surface area contributed by atoms with E-state index >= 15 is 0 Å². The fraction of sp³-hybridized carbons (Fsp3) is 0.333. The number of hydrogen-bond donors (Lipinski definition) is 2. The summed E-state index contributed by atoms with van der Waals surface area (Å²) in [6.07, 6.45) is 0.859. The van der Waals surface area contributed by atoms with Crippen LogP contribution in [0.5, 0.6) is 0 Å². The van der Waals surface area contributed by atoms with Gasteiger partial charge >= 0.3 is 0 Å². The first kappa shape index (κ1) is 20.0. The Hall–Kier alpha value is -2.27. The quantitative estimate of drug-likeness (QED) is 0.751. The first-order valence-corrected chi connectivity index (χ1v) is 9.83. The van der Waals surface area contributed by atoms with Gasteiger partial charge in [-0.25, -0.2) is 0 Å². The standard InChI is InChI=1S/C21H26N2O2S/c1-5-17-10-7-9-15(3)20(17)23-21(25)16(4)26-13-19(24)22-18-11-6-8-14(2)12-18/h6-12,16H,5,13H2,1-4H3,(H,22,24)(H,23,25)/t16-/m1/s1. The molecule has 0 saturated heterocycles. The molecule has 0 aliphatic rings. The fourth-order valence-electron chi connectivity index (χ4n) is 2.62. The molecule has 2 aromatic carbocycles. The van der Waals surface area contributed by atoms with Crippen LogP contribution >= 0.6 is 11.8 Å². The third-order valence-corrected chi connectivity index (χ3v) is 5.27. The normalized spacial score (nSPS) is 11.7. The number of carbonyl (C=O) groups excluding carboxylic acids is 2. The van der Waals surface area contributed by atoms with Gasteiger partial charge in [0.05, 0.1) is 11.0 Å². The highest BCUT2D eigenvalue weighted by Crippen LogP contribution is 2.23. The third kappa shape index (κ3) is 5.63. The fourth-order valence-corrected chi connectivity index (χ4v) is 3.31. The molecule has 1 atom stereocenters. The van der Waals surface area contributed by atoms with Gasteiger partial charge < -0.3 is 10.6 Å². The minimum absolute atomic E-state index is 0.0812. The van der Waals surface area contributed by atoms with E-state index in [1.165, 1.54) is 11.8 Å². The van der Waals surface area contributed by atoms with Crippen molar-refractivity contribution in [2.45, 2.75) is 39.4 Å². The Morgan fingerprint density at radius 2 is 1.81 bits per heavy atom. The van der Waals surface area contributed by atoms with Crippen molar-refractivity contribution in [3.8, 4) is 0 Å². The highest BCUT2D eigenvalue weighted by molar-refractivity contribution is 8.01. The lowest BCUT2D eigenvalue weighted by Crippen LogP contribution is -2.25. The number of hydrogen-bond acceptors (Lipinski definition) is 3. The number of para-hydroxylation sites is 1. The Morgan fingerprint density at radius 1 is 1.08 bits per heavy atom. The zero-order valence-electron chi connectivity index (χ0n) is 15.8. The molecule has 2 aromatic rings. The monoisotopic (exact) mass is 370 g/mol. The average Bonchev–Trinajstić information content (AvgIpc) is 2.61. The van der Waals surface area contributed by atoms with Gasteiger partial charge in [-0.15, -0.1) is 11.8 Å². The number of aryl methyl sites for hydroxylation is 3. The molecule has 0 saturated carbocycles. The second-order valence-electron chi connectivity index (χ2n) is 6.32. The van der Waals surface area contributed by atoms with Gasteiger partial charge in [0.2, 0.25) is 11.8 Å². The van der Waals surface area contributed by atoms with Crippen LogP contribution in [0.25, 0.3) is 0 Å². The Balaban J connectivity index is 1.88. The number of benzene rings is 2. The van der Waals surface area contributed by atoms with Crippen LogP contribution in [-0.2, 0) is 16.0 Å². The predicted octanol–water partition coefficient (Wildman–Crippen LogP) is 4.56. The third-order valence-electron chi connectivity index (χ3n) is 4.12. The number of rotatable bonds is 7. The number of nitrogens with one attached hydrogen (secondary N) is 2. The minimum atomic E-state index is -0.317. The molecule has 0 radical (unpaired) electrons. The maximum absolute atomic E-state index is 12.5. The van der Waals surface area contributed by atoms with Crippen LogP contribution in [0.3, 0.4) is 0 Å². The van der Waals surface area contributed by atoms with Gasteiger partial charge in [0.15, 0.2) is 0 Å². The van der Waals surface area contributed by atoms with Gasteiger partial charge in [-0.2, -0.15) is 0 Å².